The first-order valence-electron chi connectivity index (χ1n) is 5.98. The molecule has 20 heavy (non-hydrogen) atoms. The number of nitrogens with two attached hydrogens (primary N) is 1. The van der Waals surface area contributed by atoms with Crippen LogP contribution in [0.3, 0.4) is 0 Å². The molecular formula is C13H13BrF2N2O2. The van der Waals surface area contributed by atoms with Gasteiger partial charge in [0.05, 0.1) is 5.41 Å². The van der Waals surface area contributed by atoms with Crippen LogP contribution in [-0.4, -0.2) is 29.8 Å². The number of amides is 2. The average Bonchev–Trinajstić information content (AvgIpc) is 2.72. The molecule has 0 aliphatic carbocycles. The van der Waals surface area contributed by atoms with Crippen LogP contribution < -0.4 is 5.73 Å². The van der Waals surface area contributed by atoms with Gasteiger partial charge in [0, 0.05) is 17.6 Å². The molecule has 0 radical (unpaired) electrons. The highest BCUT2D eigenvalue weighted by molar-refractivity contribution is 9.10. The van der Waals surface area contributed by atoms with Gasteiger partial charge in [0.15, 0.2) is 0 Å². The highest BCUT2D eigenvalue weighted by atomic mass is 79.9. The Kier molecular flexibility index (Phi) is 3.82. The molecule has 4 nitrogen and oxygen atoms in total. The monoisotopic (exact) mass is 346 g/mol. The lowest BCUT2D eigenvalue weighted by Crippen LogP contribution is -2.39. The standard InChI is InChI=1S/C13H13BrF2N2O2/c1-13(12(17)20)2-3-18(6-13)11(19)10-8(15)4-7(14)5-9(10)16/h4-5H,2-3,6H2,1H3,(H2,17,20). The zero-order valence-electron chi connectivity index (χ0n) is 10.8. The molecule has 0 saturated carbocycles. The topological polar surface area (TPSA) is 63.4 Å². The molecule has 0 bridgehead atoms. The lowest BCUT2D eigenvalue weighted by molar-refractivity contribution is -0.126. The molecular weight excluding hydrogens is 334 g/mol. The summed E-state index contributed by atoms with van der Waals surface area (Å²) in [6.45, 7) is 1.94. The van der Waals surface area contributed by atoms with Gasteiger partial charge in [-0.25, -0.2) is 8.78 Å². The normalized spacial score (nSPS) is 22.1. The summed E-state index contributed by atoms with van der Waals surface area (Å²) in [6.07, 6.45) is 0.383. The highest BCUT2D eigenvalue weighted by Gasteiger charge is 2.41. The number of nitrogens with zero attached hydrogens (tertiary/aromatic N) is 1. The summed E-state index contributed by atoms with van der Waals surface area (Å²) in [7, 11) is 0. The summed E-state index contributed by atoms with van der Waals surface area (Å²) < 4.78 is 27.7. The summed E-state index contributed by atoms with van der Waals surface area (Å²) in [6, 6.07) is 2.05. The van der Waals surface area contributed by atoms with Crippen molar-refractivity contribution >= 4 is 27.7 Å². The van der Waals surface area contributed by atoms with Crippen molar-refractivity contribution in [2.75, 3.05) is 13.1 Å². The summed E-state index contributed by atoms with van der Waals surface area (Å²) in [4.78, 5) is 24.8. The van der Waals surface area contributed by atoms with Crippen LogP contribution in [-0.2, 0) is 4.79 Å². The van der Waals surface area contributed by atoms with E-state index in [1.165, 1.54) is 4.90 Å². The first-order valence-corrected chi connectivity index (χ1v) is 6.77. The van der Waals surface area contributed by atoms with Crippen LogP contribution in [0.1, 0.15) is 23.7 Å². The fourth-order valence-corrected chi connectivity index (χ4v) is 2.64. The lowest BCUT2D eigenvalue weighted by atomic mass is 9.89. The summed E-state index contributed by atoms with van der Waals surface area (Å²) >= 11 is 2.95. The van der Waals surface area contributed by atoms with Gasteiger partial charge in [-0.3, -0.25) is 9.59 Å². The van der Waals surface area contributed by atoms with E-state index in [-0.39, 0.29) is 17.6 Å². The summed E-state index contributed by atoms with van der Waals surface area (Å²) in [5.41, 5.74) is 3.82. The van der Waals surface area contributed by atoms with Crippen LogP contribution in [0.5, 0.6) is 0 Å². The predicted molar refractivity (Wildman–Crippen MR) is 71.9 cm³/mol. The third-order valence-corrected chi connectivity index (χ3v) is 4.03. The van der Waals surface area contributed by atoms with E-state index in [2.05, 4.69) is 15.9 Å². The van der Waals surface area contributed by atoms with E-state index in [1.807, 2.05) is 0 Å². The first-order chi connectivity index (χ1) is 9.24. The predicted octanol–water partition coefficient (Wildman–Crippen LogP) is 2.06. The van der Waals surface area contributed by atoms with Crippen LogP contribution in [0.4, 0.5) is 8.78 Å². The van der Waals surface area contributed by atoms with Gasteiger partial charge in [0.25, 0.3) is 5.91 Å². The second kappa shape index (κ2) is 5.12. The molecule has 1 heterocycles. The molecule has 1 unspecified atom stereocenters. The Hall–Kier alpha value is -1.50. The van der Waals surface area contributed by atoms with Crippen molar-refractivity contribution in [2.24, 2.45) is 11.1 Å². The summed E-state index contributed by atoms with van der Waals surface area (Å²) in [5.74, 6) is -3.16. The van der Waals surface area contributed by atoms with E-state index in [9.17, 15) is 18.4 Å². The maximum Gasteiger partial charge on any atom is 0.259 e. The van der Waals surface area contributed by atoms with E-state index in [1.54, 1.807) is 6.92 Å². The van der Waals surface area contributed by atoms with Gasteiger partial charge in [-0.15, -0.1) is 0 Å². The minimum absolute atomic E-state index is 0.0656. The second-order valence-electron chi connectivity index (χ2n) is 5.15. The fraction of sp³-hybridized carbons (Fsp3) is 0.385. The van der Waals surface area contributed by atoms with Crippen molar-refractivity contribution in [3.05, 3.63) is 33.8 Å². The minimum Gasteiger partial charge on any atom is -0.369 e. The van der Waals surface area contributed by atoms with Crippen molar-refractivity contribution in [1.29, 1.82) is 0 Å². The Bertz CT molecular complexity index is 571. The number of likely N-dealkylation sites (tertiary alicyclic amines) is 1. The zero-order valence-corrected chi connectivity index (χ0v) is 12.3. The van der Waals surface area contributed by atoms with Gasteiger partial charge < -0.3 is 10.6 Å². The number of carbonyl (C=O) groups is 2. The van der Waals surface area contributed by atoms with Gasteiger partial charge >= 0.3 is 0 Å². The summed E-state index contributed by atoms with van der Waals surface area (Å²) in [5, 5.41) is 0. The highest BCUT2D eigenvalue weighted by Crippen LogP contribution is 2.31. The molecule has 1 aromatic carbocycles. The van der Waals surface area contributed by atoms with Crippen LogP contribution in [0.25, 0.3) is 0 Å². The van der Waals surface area contributed by atoms with Crippen LogP contribution in [0, 0.1) is 17.0 Å². The molecule has 7 heteroatoms. The number of hydrogen-bond donors (Lipinski definition) is 1. The lowest BCUT2D eigenvalue weighted by Gasteiger charge is -2.21. The second-order valence-corrected chi connectivity index (χ2v) is 6.06. The SMILES string of the molecule is CC1(C(N)=O)CCN(C(=O)c2c(F)cc(Br)cc2F)C1. The third-order valence-electron chi connectivity index (χ3n) is 3.58. The number of hydrogen-bond acceptors (Lipinski definition) is 2. The molecule has 0 spiro atoms. The number of primary amides is 1. The average molecular weight is 347 g/mol. The van der Waals surface area contributed by atoms with Gasteiger partial charge in [0.2, 0.25) is 5.91 Å². The van der Waals surface area contributed by atoms with Gasteiger partial charge in [-0.1, -0.05) is 15.9 Å². The molecule has 1 atom stereocenters. The molecule has 1 aromatic rings. The third kappa shape index (κ3) is 2.54. The van der Waals surface area contributed by atoms with E-state index in [0.717, 1.165) is 12.1 Å². The molecule has 1 aliphatic rings. The number of halogens is 3. The maximum absolute atomic E-state index is 13.8. The molecule has 1 fully saturated rings. The van der Waals surface area contributed by atoms with Crippen molar-refractivity contribution in [2.45, 2.75) is 13.3 Å². The molecule has 2 amide bonds. The van der Waals surface area contributed by atoms with Gasteiger partial charge in [0.1, 0.15) is 17.2 Å². The number of benzene rings is 1. The first kappa shape index (κ1) is 14.9. The van der Waals surface area contributed by atoms with Crippen LogP contribution >= 0.6 is 15.9 Å². The van der Waals surface area contributed by atoms with Crippen LogP contribution in [0.2, 0.25) is 0 Å². The quantitative estimate of drug-likeness (QED) is 0.890. The van der Waals surface area contributed by atoms with E-state index in [4.69, 9.17) is 5.73 Å². The molecule has 1 aliphatic heterocycles. The molecule has 2 N–H and O–H groups in total. The molecule has 2 rings (SSSR count). The Morgan fingerprint density at radius 2 is 1.90 bits per heavy atom. The molecule has 1 saturated heterocycles. The van der Waals surface area contributed by atoms with Crippen molar-refractivity contribution in [1.82, 2.24) is 4.90 Å². The number of rotatable bonds is 2. The van der Waals surface area contributed by atoms with Gasteiger partial charge in [-0.2, -0.15) is 0 Å². The van der Waals surface area contributed by atoms with Gasteiger partial charge in [-0.05, 0) is 25.5 Å². The van der Waals surface area contributed by atoms with Crippen molar-refractivity contribution in [3.8, 4) is 0 Å². The smallest absolute Gasteiger partial charge is 0.259 e. The molecule has 108 valence electrons. The van der Waals surface area contributed by atoms with E-state index < -0.39 is 34.4 Å². The Morgan fingerprint density at radius 1 is 1.35 bits per heavy atom. The molecule has 0 aromatic heterocycles. The largest absolute Gasteiger partial charge is 0.369 e. The minimum atomic E-state index is -0.936. The fourth-order valence-electron chi connectivity index (χ4n) is 2.24. The number of carbonyl (C=O) groups excluding carboxylic acids is 2. The van der Waals surface area contributed by atoms with Crippen molar-refractivity contribution < 1.29 is 18.4 Å². The van der Waals surface area contributed by atoms with Crippen molar-refractivity contribution in [3.63, 3.8) is 0 Å². The van der Waals surface area contributed by atoms with E-state index >= 15 is 0 Å². The van der Waals surface area contributed by atoms with E-state index in [0.29, 0.717) is 6.42 Å². The Morgan fingerprint density at radius 3 is 2.35 bits per heavy atom. The Balaban J connectivity index is 2.28. The Labute approximate surface area is 123 Å². The zero-order chi connectivity index (χ0) is 15.1. The maximum atomic E-state index is 13.8. The van der Waals surface area contributed by atoms with Crippen LogP contribution in [0.15, 0.2) is 16.6 Å².